The summed E-state index contributed by atoms with van der Waals surface area (Å²) in [5.41, 5.74) is -0.561. The van der Waals surface area contributed by atoms with E-state index in [0.29, 0.717) is 36.5 Å². The molecule has 0 unspecified atom stereocenters. The fraction of sp³-hybridized carbons (Fsp3) is 0.538. The highest BCUT2D eigenvalue weighted by molar-refractivity contribution is 5.96. The molecule has 0 aliphatic carbocycles. The number of rotatable bonds is 6. The van der Waals surface area contributed by atoms with Gasteiger partial charge in [0.1, 0.15) is 17.5 Å². The predicted octanol–water partition coefficient (Wildman–Crippen LogP) is 3.81. The van der Waals surface area contributed by atoms with Gasteiger partial charge in [-0.25, -0.2) is 19.3 Å². The third kappa shape index (κ3) is 4.43. The molecule has 0 radical (unpaired) electrons. The van der Waals surface area contributed by atoms with Crippen LogP contribution in [0.5, 0.6) is 0 Å². The molecule has 3 aromatic heterocycles. The number of pyridine rings is 2. The lowest BCUT2D eigenvalue weighted by Gasteiger charge is -2.46. The molecule has 192 valence electrons. The Labute approximate surface area is 210 Å². The number of aromatic nitrogens is 4. The number of nitrogens with one attached hydrogen (secondary N) is 1. The van der Waals surface area contributed by atoms with Crippen molar-refractivity contribution in [2.75, 3.05) is 41.9 Å². The molecule has 3 aromatic rings. The van der Waals surface area contributed by atoms with Gasteiger partial charge in [0.25, 0.3) is 0 Å². The van der Waals surface area contributed by atoms with Crippen LogP contribution in [-0.2, 0) is 4.74 Å². The van der Waals surface area contributed by atoms with Crippen LogP contribution < -0.4 is 15.1 Å². The van der Waals surface area contributed by atoms with Gasteiger partial charge in [0.15, 0.2) is 5.67 Å². The second-order valence-corrected chi connectivity index (χ2v) is 10.3. The van der Waals surface area contributed by atoms with E-state index >= 15 is 0 Å². The zero-order valence-corrected chi connectivity index (χ0v) is 21.4. The molecular formula is C26H34FN7O2. The SMILES string of the molecule is CO[C@H]1CN(c2ncc(C(C)C)c3cc(Nc4ccnc(N5CC[C@@H](O)[C@@](C)(F)C5)n4)ncc23)[C@@H]1C. The topological polar surface area (TPSA) is 99.5 Å². The van der Waals surface area contributed by atoms with E-state index in [1.54, 1.807) is 24.3 Å². The summed E-state index contributed by atoms with van der Waals surface area (Å²) >= 11 is 0. The number of hydrogen-bond acceptors (Lipinski definition) is 9. The number of aliphatic hydroxyl groups is 1. The lowest BCUT2D eigenvalue weighted by molar-refractivity contribution is -0.00860. The Kier molecular flexibility index (Phi) is 6.42. The zero-order chi connectivity index (χ0) is 25.6. The number of alkyl halides is 1. The Morgan fingerprint density at radius 3 is 2.69 bits per heavy atom. The molecule has 9 nitrogen and oxygen atoms in total. The van der Waals surface area contributed by atoms with Gasteiger partial charge in [0.05, 0.1) is 24.8 Å². The summed E-state index contributed by atoms with van der Waals surface area (Å²) in [6.45, 7) is 9.20. The van der Waals surface area contributed by atoms with Crippen LogP contribution in [0.15, 0.2) is 30.7 Å². The molecule has 0 spiro atoms. The summed E-state index contributed by atoms with van der Waals surface area (Å²) in [4.78, 5) is 22.4. The maximum Gasteiger partial charge on any atom is 0.227 e. The Morgan fingerprint density at radius 1 is 1.19 bits per heavy atom. The second-order valence-electron chi connectivity index (χ2n) is 10.3. The van der Waals surface area contributed by atoms with Gasteiger partial charge in [-0.15, -0.1) is 0 Å². The molecule has 4 atom stereocenters. The summed E-state index contributed by atoms with van der Waals surface area (Å²) in [5, 5.41) is 15.3. The second kappa shape index (κ2) is 9.40. The minimum Gasteiger partial charge on any atom is -0.390 e. The Bertz CT molecular complexity index is 1250. The summed E-state index contributed by atoms with van der Waals surface area (Å²) in [6, 6.07) is 4.04. The van der Waals surface area contributed by atoms with Crippen molar-refractivity contribution in [3.8, 4) is 0 Å². The number of aliphatic hydroxyl groups excluding tert-OH is 1. The molecule has 0 saturated carbocycles. The molecule has 0 aromatic carbocycles. The Morgan fingerprint density at radius 2 is 2.00 bits per heavy atom. The summed E-state index contributed by atoms with van der Waals surface area (Å²) < 4.78 is 20.2. The van der Waals surface area contributed by atoms with Crippen LogP contribution in [0.3, 0.4) is 0 Å². The fourth-order valence-electron chi connectivity index (χ4n) is 5.03. The number of methoxy groups -OCH3 is 1. The highest BCUT2D eigenvalue weighted by Crippen LogP contribution is 2.36. The van der Waals surface area contributed by atoms with Crippen molar-refractivity contribution in [2.24, 2.45) is 0 Å². The van der Waals surface area contributed by atoms with Gasteiger partial charge in [0, 0.05) is 44.2 Å². The normalized spacial score (nSPS) is 26.4. The largest absolute Gasteiger partial charge is 0.390 e. The predicted molar refractivity (Wildman–Crippen MR) is 139 cm³/mol. The maximum atomic E-state index is 14.7. The first-order valence-corrected chi connectivity index (χ1v) is 12.5. The van der Waals surface area contributed by atoms with Gasteiger partial charge < -0.3 is 25.0 Å². The van der Waals surface area contributed by atoms with Crippen molar-refractivity contribution >= 4 is 34.2 Å². The van der Waals surface area contributed by atoms with Gasteiger partial charge in [-0.3, -0.25) is 0 Å². The van der Waals surface area contributed by atoms with E-state index in [0.717, 1.165) is 28.7 Å². The molecule has 10 heteroatoms. The minimum absolute atomic E-state index is 0.0399. The number of halogens is 1. The van der Waals surface area contributed by atoms with Crippen LogP contribution in [0.1, 0.15) is 45.6 Å². The number of anilines is 4. The molecule has 2 fully saturated rings. The summed E-state index contributed by atoms with van der Waals surface area (Å²) in [6.07, 6.45) is 5.01. The molecule has 0 amide bonds. The van der Waals surface area contributed by atoms with E-state index < -0.39 is 11.8 Å². The van der Waals surface area contributed by atoms with Gasteiger partial charge in [-0.1, -0.05) is 13.8 Å². The van der Waals surface area contributed by atoms with Crippen molar-refractivity contribution in [2.45, 2.75) is 64.0 Å². The molecule has 2 aliphatic rings. The minimum atomic E-state index is -1.71. The van der Waals surface area contributed by atoms with Gasteiger partial charge >= 0.3 is 0 Å². The van der Waals surface area contributed by atoms with Gasteiger partial charge in [-0.2, -0.15) is 4.98 Å². The molecule has 2 N–H and O–H groups in total. The van der Waals surface area contributed by atoms with E-state index in [2.05, 4.69) is 45.9 Å². The number of piperidine rings is 1. The Balaban J connectivity index is 1.43. The lowest BCUT2D eigenvalue weighted by Crippen LogP contribution is -2.59. The standard InChI is InChI=1S/C26H34FN7O2/c1-15(2)18-11-30-24(34-13-20(36-5)16(34)3)19-12-29-23(10-17(18)19)31-22-6-8-28-25(32-22)33-9-7-21(35)26(4,27)14-33/h6,8,10-12,15-16,20-21,35H,7,9,13-14H2,1-5H3,(H,28,29,31,32)/t16-,20+,21-,26+/m1/s1. The number of ether oxygens (including phenoxy) is 1. The Hall–Kier alpha value is -3.11. The van der Waals surface area contributed by atoms with Crippen molar-refractivity contribution in [1.82, 2.24) is 19.9 Å². The first-order chi connectivity index (χ1) is 17.2. The van der Waals surface area contributed by atoms with Crippen LogP contribution >= 0.6 is 0 Å². The zero-order valence-electron chi connectivity index (χ0n) is 21.4. The third-order valence-corrected chi connectivity index (χ3v) is 7.43. The molecule has 2 saturated heterocycles. The smallest absolute Gasteiger partial charge is 0.227 e. The molecule has 36 heavy (non-hydrogen) atoms. The van der Waals surface area contributed by atoms with E-state index in [1.165, 1.54) is 6.92 Å². The van der Waals surface area contributed by atoms with E-state index in [-0.39, 0.29) is 18.7 Å². The van der Waals surface area contributed by atoms with Crippen LogP contribution in [-0.4, -0.2) is 75.7 Å². The third-order valence-electron chi connectivity index (χ3n) is 7.43. The number of hydrogen-bond donors (Lipinski definition) is 2. The maximum absolute atomic E-state index is 14.7. The van der Waals surface area contributed by atoms with Crippen molar-refractivity contribution in [3.05, 3.63) is 36.3 Å². The van der Waals surface area contributed by atoms with Crippen LogP contribution in [0.4, 0.5) is 27.8 Å². The molecular weight excluding hydrogens is 461 g/mol. The lowest BCUT2D eigenvalue weighted by atomic mass is 9.94. The molecule has 0 bridgehead atoms. The monoisotopic (exact) mass is 495 g/mol. The first-order valence-electron chi connectivity index (χ1n) is 12.5. The summed E-state index contributed by atoms with van der Waals surface area (Å²) in [7, 11) is 1.74. The van der Waals surface area contributed by atoms with Crippen molar-refractivity contribution in [3.63, 3.8) is 0 Å². The van der Waals surface area contributed by atoms with Crippen LogP contribution in [0, 0.1) is 0 Å². The molecule has 5 heterocycles. The molecule has 2 aliphatic heterocycles. The number of fused-ring (bicyclic) bond motifs is 1. The molecule has 5 rings (SSSR count). The highest BCUT2D eigenvalue weighted by atomic mass is 19.1. The van der Waals surface area contributed by atoms with E-state index in [4.69, 9.17) is 9.72 Å². The summed E-state index contributed by atoms with van der Waals surface area (Å²) in [5.74, 6) is 2.85. The van der Waals surface area contributed by atoms with Crippen LogP contribution in [0.25, 0.3) is 10.8 Å². The van der Waals surface area contributed by atoms with Crippen molar-refractivity contribution in [1.29, 1.82) is 0 Å². The highest BCUT2D eigenvalue weighted by Gasteiger charge is 2.40. The average molecular weight is 496 g/mol. The average Bonchev–Trinajstić information content (AvgIpc) is 2.85. The first kappa shape index (κ1) is 24.6. The van der Waals surface area contributed by atoms with Crippen LogP contribution in [0.2, 0.25) is 0 Å². The quantitative estimate of drug-likeness (QED) is 0.529. The van der Waals surface area contributed by atoms with Gasteiger partial charge in [0.2, 0.25) is 5.95 Å². The van der Waals surface area contributed by atoms with Crippen molar-refractivity contribution < 1.29 is 14.2 Å². The van der Waals surface area contributed by atoms with E-state index in [1.807, 2.05) is 18.5 Å². The van der Waals surface area contributed by atoms with E-state index in [9.17, 15) is 9.50 Å². The van der Waals surface area contributed by atoms with Gasteiger partial charge in [-0.05, 0) is 49.3 Å². The number of nitrogens with zero attached hydrogens (tertiary/aromatic N) is 6. The fourth-order valence-corrected chi connectivity index (χ4v) is 5.03.